The molecular weight excluding hydrogens is 429 g/mol. The molecule has 1 atom stereocenters. The van der Waals surface area contributed by atoms with E-state index >= 15 is 0 Å². The molecule has 2 saturated carbocycles. The van der Waals surface area contributed by atoms with Crippen molar-refractivity contribution < 1.29 is 9.18 Å². The van der Waals surface area contributed by atoms with E-state index in [0.29, 0.717) is 30.4 Å². The van der Waals surface area contributed by atoms with Crippen molar-refractivity contribution in [1.82, 2.24) is 14.9 Å². The van der Waals surface area contributed by atoms with E-state index in [-0.39, 0.29) is 24.9 Å². The van der Waals surface area contributed by atoms with Crippen LogP contribution in [0.3, 0.4) is 0 Å². The van der Waals surface area contributed by atoms with Gasteiger partial charge in [-0.3, -0.25) is 9.78 Å². The summed E-state index contributed by atoms with van der Waals surface area (Å²) in [4.78, 5) is 25.3. The lowest BCUT2D eigenvalue weighted by Crippen LogP contribution is -2.37. The van der Waals surface area contributed by atoms with E-state index in [2.05, 4.69) is 17.1 Å². The van der Waals surface area contributed by atoms with Gasteiger partial charge in [0.2, 0.25) is 5.91 Å². The van der Waals surface area contributed by atoms with Gasteiger partial charge in [0.15, 0.2) is 0 Å². The molecule has 3 aliphatic rings. The third-order valence-electron chi connectivity index (χ3n) is 7.10. The van der Waals surface area contributed by atoms with E-state index in [0.717, 1.165) is 53.3 Å². The molecule has 1 aliphatic heterocycles. The molecule has 34 heavy (non-hydrogen) atoms. The fraction of sp³-hybridized carbons (Fsp3) is 0.407. The minimum Gasteiger partial charge on any atom is -0.351 e. The van der Waals surface area contributed by atoms with Gasteiger partial charge in [-0.25, -0.2) is 9.37 Å². The Bertz CT molecular complexity index is 1300. The molecule has 3 aromatic rings. The Morgan fingerprint density at radius 3 is 2.71 bits per heavy atom. The van der Waals surface area contributed by atoms with Crippen LogP contribution in [0.2, 0.25) is 0 Å². The number of alkyl halides is 1. The van der Waals surface area contributed by atoms with Crippen molar-refractivity contribution in [3.8, 4) is 17.2 Å². The second kappa shape index (κ2) is 8.35. The first kappa shape index (κ1) is 21.0. The Morgan fingerprint density at radius 2 is 1.94 bits per heavy atom. The van der Waals surface area contributed by atoms with Crippen LogP contribution < -0.4 is 4.90 Å². The van der Waals surface area contributed by atoms with E-state index in [9.17, 15) is 14.4 Å². The standard InChI is InChI=1S/C27H26FN5O/c28-21-15-32(10-11-33(16-21)27(34)18-6-7-18)26-20(13-29)12-24(25(31-26)17-4-5-17)23-3-1-2-19-14-30-9-8-22(19)23/h1-3,8-9,12,14,17-18,21H,4-7,10-11,15-16H2. The van der Waals surface area contributed by atoms with Gasteiger partial charge in [0.1, 0.15) is 18.1 Å². The molecule has 0 N–H and O–H groups in total. The molecule has 1 amide bonds. The van der Waals surface area contributed by atoms with Crippen LogP contribution in [-0.4, -0.2) is 53.1 Å². The molecule has 0 bridgehead atoms. The highest BCUT2D eigenvalue weighted by atomic mass is 19.1. The number of amides is 1. The zero-order valence-corrected chi connectivity index (χ0v) is 19.0. The lowest BCUT2D eigenvalue weighted by Gasteiger charge is -2.25. The number of benzene rings is 1. The summed E-state index contributed by atoms with van der Waals surface area (Å²) in [6.45, 7) is 1.19. The third-order valence-corrected chi connectivity index (χ3v) is 7.10. The van der Waals surface area contributed by atoms with Crippen LogP contribution in [-0.2, 0) is 4.79 Å². The molecule has 2 aliphatic carbocycles. The van der Waals surface area contributed by atoms with Crippen molar-refractivity contribution in [2.24, 2.45) is 5.92 Å². The quantitative estimate of drug-likeness (QED) is 0.581. The molecule has 172 valence electrons. The summed E-state index contributed by atoms with van der Waals surface area (Å²) in [6.07, 6.45) is 6.39. The first-order valence-corrected chi connectivity index (χ1v) is 12.1. The Morgan fingerprint density at radius 1 is 1.09 bits per heavy atom. The fourth-order valence-corrected chi connectivity index (χ4v) is 5.02. The summed E-state index contributed by atoms with van der Waals surface area (Å²) in [6, 6.07) is 12.3. The van der Waals surface area contributed by atoms with Gasteiger partial charge in [-0.1, -0.05) is 18.2 Å². The molecule has 0 spiro atoms. The Balaban J connectivity index is 1.40. The van der Waals surface area contributed by atoms with E-state index in [4.69, 9.17) is 4.98 Å². The maximum atomic E-state index is 14.9. The van der Waals surface area contributed by atoms with E-state index in [1.54, 1.807) is 11.1 Å². The fourth-order valence-electron chi connectivity index (χ4n) is 5.02. The van der Waals surface area contributed by atoms with Gasteiger partial charge in [0, 0.05) is 48.3 Å². The number of halogens is 1. The largest absolute Gasteiger partial charge is 0.351 e. The number of hydrogen-bond acceptors (Lipinski definition) is 5. The molecule has 0 radical (unpaired) electrons. The molecule has 6 nitrogen and oxygen atoms in total. The minimum absolute atomic E-state index is 0.0671. The van der Waals surface area contributed by atoms with Crippen LogP contribution in [0, 0.1) is 17.2 Å². The number of nitrogens with zero attached hydrogens (tertiary/aromatic N) is 5. The topological polar surface area (TPSA) is 73.1 Å². The number of pyridine rings is 2. The molecule has 1 saturated heterocycles. The number of hydrogen-bond donors (Lipinski definition) is 0. The van der Waals surface area contributed by atoms with Gasteiger partial charge in [0.25, 0.3) is 0 Å². The summed E-state index contributed by atoms with van der Waals surface area (Å²) < 4.78 is 14.9. The molecule has 7 heteroatoms. The van der Waals surface area contributed by atoms with Crippen molar-refractivity contribution in [3.05, 3.63) is 54.0 Å². The Hall–Kier alpha value is -3.53. The summed E-state index contributed by atoms with van der Waals surface area (Å²) in [5.41, 5.74) is 3.43. The van der Waals surface area contributed by atoms with E-state index in [1.807, 2.05) is 35.4 Å². The zero-order chi connectivity index (χ0) is 23.2. The van der Waals surface area contributed by atoms with Gasteiger partial charge in [-0.15, -0.1) is 0 Å². The second-order valence-electron chi connectivity index (χ2n) is 9.68. The first-order valence-electron chi connectivity index (χ1n) is 12.1. The number of anilines is 1. The van der Waals surface area contributed by atoms with Crippen LogP contribution in [0.25, 0.3) is 21.9 Å². The van der Waals surface area contributed by atoms with Crippen LogP contribution in [0.4, 0.5) is 10.2 Å². The monoisotopic (exact) mass is 455 g/mol. The van der Waals surface area contributed by atoms with Crippen molar-refractivity contribution in [2.45, 2.75) is 37.8 Å². The third kappa shape index (κ3) is 3.87. The predicted octanol–water partition coefficient (Wildman–Crippen LogP) is 4.44. The van der Waals surface area contributed by atoms with Crippen LogP contribution in [0.15, 0.2) is 42.7 Å². The van der Waals surface area contributed by atoms with Crippen molar-refractivity contribution in [1.29, 1.82) is 5.26 Å². The molecular formula is C27H26FN5O. The molecule has 2 aromatic heterocycles. The van der Waals surface area contributed by atoms with Gasteiger partial charge in [-0.2, -0.15) is 5.26 Å². The summed E-state index contributed by atoms with van der Waals surface area (Å²) >= 11 is 0. The average Bonchev–Trinajstić information content (AvgIpc) is 3.76. The summed E-state index contributed by atoms with van der Waals surface area (Å²) in [5, 5.41) is 12.2. The van der Waals surface area contributed by atoms with Crippen LogP contribution in [0.5, 0.6) is 0 Å². The highest BCUT2D eigenvalue weighted by molar-refractivity contribution is 5.97. The lowest BCUT2D eigenvalue weighted by atomic mass is 9.95. The Labute approximate surface area is 198 Å². The van der Waals surface area contributed by atoms with Gasteiger partial charge >= 0.3 is 0 Å². The first-order chi connectivity index (χ1) is 16.6. The van der Waals surface area contributed by atoms with Gasteiger partial charge in [0.05, 0.1) is 24.3 Å². The van der Waals surface area contributed by atoms with E-state index < -0.39 is 6.17 Å². The maximum absolute atomic E-state index is 14.9. The number of fused-ring (bicyclic) bond motifs is 1. The number of carbonyl (C=O) groups excluding carboxylic acids is 1. The van der Waals surface area contributed by atoms with Gasteiger partial charge in [-0.05, 0) is 48.8 Å². The average molecular weight is 456 g/mol. The number of aromatic nitrogens is 2. The lowest BCUT2D eigenvalue weighted by molar-refractivity contribution is -0.132. The predicted molar refractivity (Wildman–Crippen MR) is 128 cm³/mol. The van der Waals surface area contributed by atoms with Crippen molar-refractivity contribution in [2.75, 3.05) is 31.1 Å². The molecule has 3 fully saturated rings. The molecule has 1 aromatic carbocycles. The minimum atomic E-state index is -1.17. The highest BCUT2D eigenvalue weighted by Crippen LogP contribution is 2.46. The van der Waals surface area contributed by atoms with Gasteiger partial charge < -0.3 is 9.80 Å². The van der Waals surface area contributed by atoms with E-state index in [1.165, 1.54) is 0 Å². The second-order valence-corrected chi connectivity index (χ2v) is 9.68. The summed E-state index contributed by atoms with van der Waals surface area (Å²) in [7, 11) is 0. The van der Waals surface area contributed by atoms with Crippen molar-refractivity contribution in [3.63, 3.8) is 0 Å². The molecule has 3 heterocycles. The smallest absolute Gasteiger partial charge is 0.225 e. The van der Waals surface area contributed by atoms with Crippen molar-refractivity contribution >= 4 is 22.5 Å². The summed E-state index contributed by atoms with van der Waals surface area (Å²) in [5.74, 6) is 1.03. The molecule has 6 rings (SSSR count). The normalized spacial score (nSPS) is 20.8. The maximum Gasteiger partial charge on any atom is 0.225 e. The highest BCUT2D eigenvalue weighted by Gasteiger charge is 2.37. The molecule has 1 unspecified atom stereocenters. The zero-order valence-electron chi connectivity index (χ0n) is 19.0. The van der Waals surface area contributed by atoms with Crippen LogP contribution >= 0.6 is 0 Å². The number of carbonyl (C=O) groups is 1. The number of nitriles is 1. The Kier molecular flexibility index (Phi) is 5.17. The number of rotatable bonds is 4. The van der Waals surface area contributed by atoms with Crippen LogP contribution in [0.1, 0.15) is 42.9 Å². The SMILES string of the molecule is N#Cc1cc(-c2cccc3cnccc23)c(C2CC2)nc1N1CCN(C(=O)C2CC2)CC(F)C1.